The summed E-state index contributed by atoms with van der Waals surface area (Å²) in [5.41, 5.74) is 3.06. The number of amides is 1. The Hall–Kier alpha value is -1.11. The lowest BCUT2D eigenvalue weighted by Crippen LogP contribution is -2.31. The van der Waals surface area contributed by atoms with Gasteiger partial charge in [0, 0.05) is 0 Å². The topological polar surface area (TPSA) is 68.0 Å². The van der Waals surface area contributed by atoms with Crippen molar-refractivity contribution < 1.29 is 4.79 Å². The molecule has 1 aromatic heterocycles. The molecule has 0 fully saturated rings. The van der Waals surface area contributed by atoms with Gasteiger partial charge < -0.3 is 0 Å². The van der Waals surface area contributed by atoms with Gasteiger partial charge in [-0.25, -0.2) is 10.8 Å². The summed E-state index contributed by atoms with van der Waals surface area (Å²) in [4.78, 5) is 15.3. The van der Waals surface area contributed by atoms with Crippen LogP contribution in [0.25, 0.3) is 10.2 Å². The average molecular weight is 239 g/mol. The molecule has 1 amide bonds. The molecule has 0 unspecified atom stereocenters. The van der Waals surface area contributed by atoms with Gasteiger partial charge in [0.1, 0.15) is 0 Å². The van der Waals surface area contributed by atoms with Crippen LogP contribution in [0.1, 0.15) is 0 Å². The summed E-state index contributed by atoms with van der Waals surface area (Å²) in [6.07, 6.45) is 0. The number of thioether (sulfide) groups is 1. The molecule has 3 N–H and O–H groups in total. The molecule has 6 heteroatoms. The molecule has 0 aliphatic heterocycles. The molecular weight excluding hydrogens is 230 g/mol. The lowest BCUT2D eigenvalue weighted by atomic mass is 10.3. The Morgan fingerprint density at radius 2 is 2.33 bits per heavy atom. The van der Waals surface area contributed by atoms with Crippen LogP contribution in [0, 0.1) is 0 Å². The molecule has 0 saturated carbocycles. The molecule has 15 heavy (non-hydrogen) atoms. The number of benzene rings is 1. The number of para-hydroxylation sites is 1. The van der Waals surface area contributed by atoms with E-state index < -0.39 is 0 Å². The van der Waals surface area contributed by atoms with Crippen LogP contribution in [0.3, 0.4) is 0 Å². The molecule has 0 bridgehead atoms. The van der Waals surface area contributed by atoms with Gasteiger partial charge in [0.05, 0.1) is 16.0 Å². The van der Waals surface area contributed by atoms with E-state index in [0.717, 1.165) is 14.6 Å². The fourth-order valence-electron chi connectivity index (χ4n) is 1.08. The molecule has 0 aliphatic carbocycles. The van der Waals surface area contributed by atoms with Crippen LogP contribution in [0.5, 0.6) is 0 Å². The lowest BCUT2D eigenvalue weighted by Gasteiger charge is -1.94. The van der Waals surface area contributed by atoms with Crippen molar-refractivity contribution in [2.24, 2.45) is 5.84 Å². The lowest BCUT2D eigenvalue weighted by molar-refractivity contribution is -0.118. The van der Waals surface area contributed by atoms with Crippen LogP contribution >= 0.6 is 23.1 Å². The number of hydrogen-bond acceptors (Lipinski definition) is 5. The molecule has 0 aliphatic rings. The molecule has 1 aromatic carbocycles. The SMILES string of the molecule is NNC(=O)CSc1nc2ccccc2s1. The van der Waals surface area contributed by atoms with Crippen LogP contribution in [0.15, 0.2) is 28.6 Å². The number of fused-ring (bicyclic) bond motifs is 1. The van der Waals surface area contributed by atoms with Crippen molar-refractivity contribution in [2.45, 2.75) is 4.34 Å². The number of hydrazine groups is 1. The fourth-order valence-corrected chi connectivity index (χ4v) is 2.96. The average Bonchev–Trinajstić information content (AvgIpc) is 2.68. The monoisotopic (exact) mass is 239 g/mol. The first-order valence-corrected chi connectivity index (χ1v) is 6.07. The Kier molecular flexibility index (Phi) is 3.20. The van der Waals surface area contributed by atoms with Crippen molar-refractivity contribution in [2.75, 3.05) is 5.75 Å². The maximum atomic E-state index is 10.9. The van der Waals surface area contributed by atoms with Crippen molar-refractivity contribution in [1.29, 1.82) is 0 Å². The number of carbonyl (C=O) groups is 1. The van der Waals surface area contributed by atoms with Gasteiger partial charge in [-0.1, -0.05) is 23.9 Å². The summed E-state index contributed by atoms with van der Waals surface area (Å²) < 4.78 is 2.02. The first-order chi connectivity index (χ1) is 7.29. The zero-order valence-electron chi connectivity index (χ0n) is 7.77. The zero-order chi connectivity index (χ0) is 10.7. The molecule has 78 valence electrons. The number of carbonyl (C=O) groups excluding carboxylic acids is 1. The van der Waals surface area contributed by atoms with Crippen molar-refractivity contribution in [3.05, 3.63) is 24.3 Å². The zero-order valence-corrected chi connectivity index (χ0v) is 9.40. The second-order valence-corrected chi connectivity index (χ2v) is 5.06. The van der Waals surface area contributed by atoms with Crippen LogP contribution in [0.2, 0.25) is 0 Å². The molecule has 0 spiro atoms. The number of nitrogens with zero attached hydrogens (tertiary/aromatic N) is 1. The minimum atomic E-state index is -0.195. The Morgan fingerprint density at radius 1 is 1.53 bits per heavy atom. The van der Waals surface area contributed by atoms with Crippen LogP contribution in [-0.2, 0) is 4.79 Å². The molecule has 1 heterocycles. The van der Waals surface area contributed by atoms with Gasteiger partial charge in [0.25, 0.3) is 0 Å². The van der Waals surface area contributed by atoms with Gasteiger partial charge in [-0.2, -0.15) is 0 Å². The first kappa shape index (κ1) is 10.4. The van der Waals surface area contributed by atoms with Gasteiger partial charge in [-0.15, -0.1) is 11.3 Å². The number of hydrogen-bond donors (Lipinski definition) is 2. The smallest absolute Gasteiger partial charge is 0.244 e. The van der Waals surface area contributed by atoms with E-state index in [4.69, 9.17) is 5.84 Å². The summed E-state index contributed by atoms with van der Waals surface area (Å²) in [5.74, 6) is 5.09. The molecule has 0 saturated heterocycles. The Balaban J connectivity index is 2.12. The van der Waals surface area contributed by atoms with E-state index in [2.05, 4.69) is 10.4 Å². The summed E-state index contributed by atoms with van der Waals surface area (Å²) in [6.45, 7) is 0. The second-order valence-electron chi connectivity index (χ2n) is 2.80. The highest BCUT2D eigenvalue weighted by atomic mass is 32.2. The van der Waals surface area contributed by atoms with Crippen molar-refractivity contribution in [3.8, 4) is 0 Å². The van der Waals surface area contributed by atoms with Gasteiger partial charge in [-0.05, 0) is 12.1 Å². The summed E-state index contributed by atoms with van der Waals surface area (Å²) in [7, 11) is 0. The standard InChI is InChI=1S/C9H9N3OS2/c10-12-8(13)5-14-9-11-6-3-1-2-4-7(6)15-9/h1-4H,5,10H2,(H,12,13). The Labute approximate surface area is 94.8 Å². The molecule has 2 aromatic rings. The third-order valence-corrected chi connectivity index (χ3v) is 3.94. The van der Waals surface area contributed by atoms with Gasteiger partial charge in [-0.3, -0.25) is 10.2 Å². The van der Waals surface area contributed by atoms with Gasteiger partial charge >= 0.3 is 0 Å². The Morgan fingerprint density at radius 3 is 3.07 bits per heavy atom. The minimum absolute atomic E-state index is 0.195. The molecule has 2 rings (SSSR count). The normalized spacial score (nSPS) is 10.5. The Bertz CT molecular complexity index is 450. The van der Waals surface area contributed by atoms with Crippen LogP contribution in [-0.4, -0.2) is 16.6 Å². The number of nitrogens with one attached hydrogen (secondary N) is 1. The quantitative estimate of drug-likeness (QED) is 0.367. The highest BCUT2D eigenvalue weighted by molar-refractivity contribution is 8.01. The van der Waals surface area contributed by atoms with Gasteiger partial charge in [0.2, 0.25) is 5.91 Å². The van der Waals surface area contributed by atoms with E-state index >= 15 is 0 Å². The highest BCUT2D eigenvalue weighted by Gasteiger charge is 2.05. The first-order valence-electron chi connectivity index (χ1n) is 4.27. The third kappa shape index (κ3) is 2.47. The summed E-state index contributed by atoms with van der Waals surface area (Å²) in [6, 6.07) is 7.89. The number of nitrogens with two attached hydrogens (primary N) is 1. The van der Waals surface area contributed by atoms with E-state index in [0.29, 0.717) is 5.75 Å². The number of aromatic nitrogens is 1. The maximum Gasteiger partial charge on any atom is 0.244 e. The number of rotatable bonds is 3. The molecule has 0 atom stereocenters. The molecular formula is C9H9N3OS2. The summed E-state index contributed by atoms with van der Waals surface area (Å²) in [5, 5.41) is 0. The molecule has 0 radical (unpaired) electrons. The second kappa shape index (κ2) is 4.61. The largest absolute Gasteiger partial charge is 0.294 e. The third-order valence-electron chi connectivity index (χ3n) is 1.76. The fraction of sp³-hybridized carbons (Fsp3) is 0.111. The van der Waals surface area contributed by atoms with Crippen molar-refractivity contribution >= 4 is 39.2 Å². The minimum Gasteiger partial charge on any atom is -0.294 e. The highest BCUT2D eigenvalue weighted by Crippen LogP contribution is 2.28. The van der Waals surface area contributed by atoms with E-state index in [1.807, 2.05) is 24.3 Å². The van der Waals surface area contributed by atoms with E-state index in [-0.39, 0.29) is 5.91 Å². The predicted molar refractivity (Wildman–Crippen MR) is 62.7 cm³/mol. The van der Waals surface area contributed by atoms with E-state index in [1.165, 1.54) is 11.8 Å². The van der Waals surface area contributed by atoms with E-state index in [1.54, 1.807) is 11.3 Å². The molecule has 4 nitrogen and oxygen atoms in total. The van der Waals surface area contributed by atoms with Crippen molar-refractivity contribution in [3.63, 3.8) is 0 Å². The summed E-state index contributed by atoms with van der Waals surface area (Å²) >= 11 is 2.97. The van der Waals surface area contributed by atoms with Crippen LogP contribution < -0.4 is 11.3 Å². The predicted octanol–water partition coefficient (Wildman–Crippen LogP) is 1.38. The van der Waals surface area contributed by atoms with E-state index in [9.17, 15) is 4.79 Å². The number of thiazole rings is 1. The van der Waals surface area contributed by atoms with Crippen molar-refractivity contribution in [1.82, 2.24) is 10.4 Å². The van der Waals surface area contributed by atoms with Crippen LogP contribution in [0.4, 0.5) is 0 Å². The maximum absolute atomic E-state index is 10.9. The van der Waals surface area contributed by atoms with Gasteiger partial charge in [0.15, 0.2) is 4.34 Å².